The largest absolute Gasteiger partial charge is 0.336 e. The highest BCUT2D eigenvalue weighted by Gasteiger charge is 2.38. The van der Waals surface area contributed by atoms with Crippen LogP contribution in [-0.4, -0.2) is 59.9 Å². The van der Waals surface area contributed by atoms with Crippen molar-refractivity contribution in [2.75, 3.05) is 26.2 Å². The maximum atomic E-state index is 12.3. The average Bonchev–Trinajstić information content (AvgIpc) is 3.23. The molecule has 5 heteroatoms. The number of hydrogen-bond donors (Lipinski definition) is 1. The summed E-state index contributed by atoms with van der Waals surface area (Å²) in [6.07, 6.45) is 5.46. The number of amides is 2. The Bertz CT molecular complexity index is 348. The molecule has 2 heterocycles. The Balaban J connectivity index is 1.56. The molecule has 0 radical (unpaired) electrons. The second-order valence-electron chi connectivity index (χ2n) is 5.58. The molecule has 0 unspecified atom stereocenters. The molecule has 3 fully saturated rings. The van der Waals surface area contributed by atoms with Crippen molar-refractivity contribution in [3.63, 3.8) is 0 Å². The SMILES string of the molecule is O=C([C@H]1CCCCN1)N1CCN(C2CC2)C(=O)C1. The van der Waals surface area contributed by atoms with E-state index < -0.39 is 0 Å². The molecule has 18 heavy (non-hydrogen) atoms. The lowest BCUT2D eigenvalue weighted by Crippen LogP contribution is -2.57. The fourth-order valence-corrected chi connectivity index (χ4v) is 2.93. The van der Waals surface area contributed by atoms with Crippen molar-refractivity contribution in [2.45, 2.75) is 44.2 Å². The lowest BCUT2D eigenvalue weighted by Gasteiger charge is -2.37. The first-order valence-corrected chi connectivity index (χ1v) is 7.07. The molecule has 0 bridgehead atoms. The molecule has 1 N–H and O–H groups in total. The number of carbonyl (C=O) groups excluding carboxylic acids is 2. The summed E-state index contributed by atoms with van der Waals surface area (Å²) in [6, 6.07) is 0.418. The lowest BCUT2D eigenvalue weighted by atomic mass is 10.0. The van der Waals surface area contributed by atoms with Crippen molar-refractivity contribution < 1.29 is 9.59 Å². The van der Waals surface area contributed by atoms with Gasteiger partial charge in [0.05, 0.1) is 12.6 Å². The number of piperazine rings is 1. The first kappa shape index (κ1) is 12.0. The third kappa shape index (κ3) is 2.36. The van der Waals surface area contributed by atoms with Gasteiger partial charge in [-0.2, -0.15) is 0 Å². The summed E-state index contributed by atoms with van der Waals surface area (Å²) in [5, 5.41) is 3.26. The number of hydrogen-bond acceptors (Lipinski definition) is 3. The van der Waals surface area contributed by atoms with Gasteiger partial charge >= 0.3 is 0 Å². The van der Waals surface area contributed by atoms with Crippen LogP contribution < -0.4 is 5.32 Å². The first-order valence-electron chi connectivity index (χ1n) is 7.07. The molecule has 2 saturated heterocycles. The molecule has 1 aliphatic carbocycles. The molecule has 5 nitrogen and oxygen atoms in total. The van der Waals surface area contributed by atoms with Gasteiger partial charge in [0.15, 0.2) is 0 Å². The number of rotatable bonds is 2. The van der Waals surface area contributed by atoms with Crippen LogP contribution in [0.25, 0.3) is 0 Å². The number of nitrogens with one attached hydrogen (secondary N) is 1. The summed E-state index contributed by atoms with van der Waals surface area (Å²) in [6.45, 7) is 2.64. The van der Waals surface area contributed by atoms with Crippen molar-refractivity contribution >= 4 is 11.8 Å². The summed E-state index contributed by atoms with van der Waals surface area (Å²) in [7, 11) is 0. The minimum Gasteiger partial charge on any atom is -0.336 e. The van der Waals surface area contributed by atoms with Gasteiger partial charge in [-0.05, 0) is 32.2 Å². The number of nitrogens with zero attached hydrogens (tertiary/aromatic N) is 2. The maximum absolute atomic E-state index is 12.3. The van der Waals surface area contributed by atoms with E-state index in [9.17, 15) is 9.59 Å². The fourth-order valence-electron chi connectivity index (χ4n) is 2.93. The van der Waals surface area contributed by atoms with Gasteiger partial charge in [-0.3, -0.25) is 9.59 Å². The Hall–Kier alpha value is -1.10. The molecule has 0 aromatic carbocycles. The van der Waals surface area contributed by atoms with Crippen LogP contribution in [0.5, 0.6) is 0 Å². The summed E-state index contributed by atoms with van der Waals surface area (Å²) in [5.41, 5.74) is 0. The van der Waals surface area contributed by atoms with Crippen LogP contribution in [0.3, 0.4) is 0 Å². The topological polar surface area (TPSA) is 52.7 Å². The van der Waals surface area contributed by atoms with Gasteiger partial charge in [0.25, 0.3) is 0 Å². The lowest BCUT2D eigenvalue weighted by molar-refractivity contribution is -0.147. The molecule has 3 aliphatic rings. The van der Waals surface area contributed by atoms with Crippen molar-refractivity contribution in [1.29, 1.82) is 0 Å². The van der Waals surface area contributed by atoms with Crippen LogP contribution in [0.2, 0.25) is 0 Å². The van der Waals surface area contributed by atoms with Crippen molar-refractivity contribution in [1.82, 2.24) is 15.1 Å². The second kappa shape index (κ2) is 4.88. The number of carbonyl (C=O) groups is 2. The Morgan fingerprint density at radius 3 is 2.61 bits per heavy atom. The molecule has 0 spiro atoms. The Morgan fingerprint density at radius 2 is 2.00 bits per heavy atom. The zero-order valence-electron chi connectivity index (χ0n) is 10.7. The first-order chi connectivity index (χ1) is 8.75. The summed E-state index contributed by atoms with van der Waals surface area (Å²) in [4.78, 5) is 28.0. The fraction of sp³-hybridized carbons (Fsp3) is 0.846. The monoisotopic (exact) mass is 251 g/mol. The average molecular weight is 251 g/mol. The van der Waals surface area contributed by atoms with Crippen molar-refractivity contribution in [2.24, 2.45) is 0 Å². The molecule has 1 atom stereocenters. The Kier molecular flexibility index (Phi) is 3.24. The zero-order valence-corrected chi connectivity index (χ0v) is 10.7. The third-order valence-electron chi connectivity index (χ3n) is 4.17. The standard InChI is InChI=1S/C13H21N3O2/c17-12-9-15(7-8-16(12)10-4-5-10)13(18)11-3-1-2-6-14-11/h10-11,14H,1-9H2/t11-/m1/s1. The molecule has 0 aromatic rings. The van der Waals surface area contributed by atoms with Crippen LogP contribution in [0.1, 0.15) is 32.1 Å². The molecule has 100 valence electrons. The van der Waals surface area contributed by atoms with Gasteiger partial charge in [-0.25, -0.2) is 0 Å². The molecule has 3 rings (SSSR count). The number of piperidine rings is 1. The van der Waals surface area contributed by atoms with Crippen LogP contribution >= 0.6 is 0 Å². The second-order valence-corrected chi connectivity index (χ2v) is 5.58. The van der Waals surface area contributed by atoms with Crippen molar-refractivity contribution in [3.8, 4) is 0 Å². The van der Waals surface area contributed by atoms with Gasteiger partial charge < -0.3 is 15.1 Å². The van der Waals surface area contributed by atoms with E-state index in [1.165, 1.54) is 0 Å². The van der Waals surface area contributed by atoms with Gasteiger partial charge in [0, 0.05) is 19.1 Å². The van der Waals surface area contributed by atoms with E-state index in [2.05, 4.69) is 5.32 Å². The molecule has 1 saturated carbocycles. The van der Waals surface area contributed by atoms with Crippen LogP contribution in [0.4, 0.5) is 0 Å². The van der Waals surface area contributed by atoms with E-state index >= 15 is 0 Å². The summed E-state index contributed by atoms with van der Waals surface area (Å²) >= 11 is 0. The Labute approximate surface area is 107 Å². The molecular weight excluding hydrogens is 230 g/mol. The highest BCUT2D eigenvalue weighted by atomic mass is 16.2. The summed E-state index contributed by atoms with van der Waals surface area (Å²) in [5.74, 6) is 0.256. The van der Waals surface area contributed by atoms with E-state index in [0.29, 0.717) is 12.6 Å². The quantitative estimate of drug-likeness (QED) is 0.749. The third-order valence-corrected chi connectivity index (χ3v) is 4.17. The molecular formula is C13H21N3O2. The Morgan fingerprint density at radius 1 is 1.17 bits per heavy atom. The zero-order chi connectivity index (χ0) is 12.5. The minimum absolute atomic E-state index is 0.0565. The normalized spacial score (nSPS) is 29.6. The van der Waals surface area contributed by atoms with Gasteiger partial charge in [-0.15, -0.1) is 0 Å². The molecule has 0 aromatic heterocycles. The minimum atomic E-state index is -0.0565. The van der Waals surface area contributed by atoms with Crippen LogP contribution in [0, 0.1) is 0 Å². The van der Waals surface area contributed by atoms with Gasteiger partial charge in [-0.1, -0.05) is 6.42 Å². The highest BCUT2D eigenvalue weighted by molar-refractivity contribution is 5.88. The smallest absolute Gasteiger partial charge is 0.242 e. The van der Waals surface area contributed by atoms with E-state index in [0.717, 1.165) is 45.2 Å². The molecule has 2 aliphatic heterocycles. The molecule has 2 amide bonds. The maximum Gasteiger partial charge on any atom is 0.242 e. The van der Waals surface area contributed by atoms with Gasteiger partial charge in [0.1, 0.15) is 0 Å². The van der Waals surface area contributed by atoms with E-state index in [1.807, 2.05) is 4.90 Å². The van der Waals surface area contributed by atoms with Crippen LogP contribution in [0.15, 0.2) is 0 Å². The predicted octanol–water partition coefficient (Wildman–Crippen LogP) is -0.0383. The van der Waals surface area contributed by atoms with Gasteiger partial charge in [0.2, 0.25) is 11.8 Å². The predicted molar refractivity (Wildman–Crippen MR) is 67.0 cm³/mol. The van der Waals surface area contributed by atoms with E-state index in [-0.39, 0.29) is 24.4 Å². The highest BCUT2D eigenvalue weighted by Crippen LogP contribution is 2.28. The van der Waals surface area contributed by atoms with Crippen molar-refractivity contribution in [3.05, 3.63) is 0 Å². The van der Waals surface area contributed by atoms with E-state index in [1.54, 1.807) is 4.90 Å². The summed E-state index contributed by atoms with van der Waals surface area (Å²) < 4.78 is 0. The van der Waals surface area contributed by atoms with Crippen LogP contribution in [-0.2, 0) is 9.59 Å². The van der Waals surface area contributed by atoms with E-state index in [4.69, 9.17) is 0 Å².